The van der Waals surface area contributed by atoms with E-state index in [-0.39, 0.29) is 11.9 Å². The number of nitrogens with one attached hydrogen (secondary N) is 1. The summed E-state index contributed by atoms with van der Waals surface area (Å²) in [4.78, 5) is 26.5. The standard InChI is InChI=1S/C25H31NO5S/c1-5-29-19-12-9-17(15-20(19)30-6-2)10-13-22(27)26-24-23(25(28)31-7-3)18-11-8-16(4)14-21(18)32-24/h9-10,12-13,15-16H,5-8,11,14H2,1-4H3,(H,26,27). The Hall–Kier alpha value is -2.80. The molecule has 1 atom stereocenters. The van der Waals surface area contributed by atoms with Crippen LogP contribution in [0.1, 0.15) is 60.5 Å². The van der Waals surface area contributed by atoms with Crippen molar-refractivity contribution in [3.63, 3.8) is 0 Å². The SMILES string of the molecule is CCOC(=O)c1c(NC(=O)C=Cc2ccc(OCC)c(OCC)c2)sc2c1CCC(C)C2. The summed E-state index contributed by atoms with van der Waals surface area (Å²) in [6, 6.07) is 5.54. The summed E-state index contributed by atoms with van der Waals surface area (Å²) >= 11 is 1.48. The molecule has 2 aromatic rings. The maximum atomic E-state index is 12.7. The van der Waals surface area contributed by atoms with Crippen LogP contribution >= 0.6 is 11.3 Å². The van der Waals surface area contributed by atoms with Gasteiger partial charge in [-0.2, -0.15) is 0 Å². The first kappa shape index (κ1) is 23.9. The number of benzene rings is 1. The van der Waals surface area contributed by atoms with Crippen molar-refractivity contribution >= 4 is 34.3 Å². The first-order valence-electron chi connectivity index (χ1n) is 11.2. The molecule has 0 saturated carbocycles. The molecule has 3 rings (SSSR count). The molecule has 0 saturated heterocycles. The average molecular weight is 458 g/mol. The number of hydrogen-bond donors (Lipinski definition) is 1. The Balaban J connectivity index is 1.79. The lowest BCUT2D eigenvalue weighted by molar-refractivity contribution is -0.111. The molecular formula is C25H31NO5S. The van der Waals surface area contributed by atoms with Gasteiger partial charge in [-0.25, -0.2) is 4.79 Å². The summed E-state index contributed by atoms with van der Waals surface area (Å²) in [6.07, 6.45) is 5.96. The Morgan fingerprint density at radius 2 is 1.88 bits per heavy atom. The smallest absolute Gasteiger partial charge is 0.341 e. The molecule has 0 radical (unpaired) electrons. The molecule has 1 aliphatic rings. The van der Waals surface area contributed by atoms with Crippen LogP contribution in [0.25, 0.3) is 6.08 Å². The van der Waals surface area contributed by atoms with Gasteiger partial charge in [0.2, 0.25) is 5.91 Å². The zero-order chi connectivity index (χ0) is 23.1. The second-order valence-electron chi connectivity index (χ2n) is 7.67. The number of carbonyl (C=O) groups excluding carboxylic acids is 2. The molecule has 6 nitrogen and oxygen atoms in total. The van der Waals surface area contributed by atoms with E-state index in [1.807, 2.05) is 32.0 Å². The average Bonchev–Trinajstić information content (AvgIpc) is 3.11. The molecule has 0 spiro atoms. The van der Waals surface area contributed by atoms with E-state index in [4.69, 9.17) is 14.2 Å². The quantitative estimate of drug-likeness (QED) is 0.398. The third kappa shape index (κ3) is 5.71. The van der Waals surface area contributed by atoms with E-state index in [0.717, 1.165) is 30.4 Å². The highest BCUT2D eigenvalue weighted by Crippen LogP contribution is 2.40. The number of rotatable bonds is 9. The zero-order valence-corrected chi connectivity index (χ0v) is 20.0. The number of fused-ring (bicyclic) bond motifs is 1. The molecule has 1 amide bonds. The van der Waals surface area contributed by atoms with Crippen molar-refractivity contribution in [1.82, 2.24) is 0 Å². The summed E-state index contributed by atoms with van der Waals surface area (Å²) in [5.74, 6) is 1.22. The summed E-state index contributed by atoms with van der Waals surface area (Å²) in [5, 5.41) is 3.47. The number of amides is 1. The topological polar surface area (TPSA) is 73.9 Å². The number of anilines is 1. The molecule has 0 bridgehead atoms. The van der Waals surface area contributed by atoms with Gasteiger partial charge in [-0.3, -0.25) is 4.79 Å². The normalized spacial score (nSPS) is 15.3. The van der Waals surface area contributed by atoms with Crippen molar-refractivity contribution in [2.45, 2.75) is 47.0 Å². The molecule has 172 valence electrons. The minimum atomic E-state index is -0.369. The molecular weight excluding hydrogens is 426 g/mol. The van der Waals surface area contributed by atoms with E-state index in [0.29, 0.717) is 47.8 Å². The van der Waals surface area contributed by atoms with Crippen molar-refractivity contribution < 1.29 is 23.8 Å². The summed E-state index contributed by atoms with van der Waals surface area (Å²) in [5.41, 5.74) is 2.36. The Bertz CT molecular complexity index is 994. The number of esters is 1. The van der Waals surface area contributed by atoms with Crippen molar-refractivity contribution in [3.05, 3.63) is 45.8 Å². The molecule has 7 heteroatoms. The Labute approximate surface area is 193 Å². The van der Waals surface area contributed by atoms with Crippen LogP contribution in [0.5, 0.6) is 11.5 Å². The molecule has 1 aromatic carbocycles. The van der Waals surface area contributed by atoms with Crippen LogP contribution < -0.4 is 14.8 Å². The lowest BCUT2D eigenvalue weighted by atomic mass is 9.88. The van der Waals surface area contributed by atoms with Crippen LogP contribution in [0.15, 0.2) is 24.3 Å². The van der Waals surface area contributed by atoms with Crippen LogP contribution in [-0.2, 0) is 22.4 Å². The summed E-state index contributed by atoms with van der Waals surface area (Å²) in [7, 11) is 0. The second-order valence-corrected chi connectivity index (χ2v) is 8.78. The van der Waals surface area contributed by atoms with Gasteiger partial charge in [-0.1, -0.05) is 13.0 Å². The lowest BCUT2D eigenvalue weighted by Gasteiger charge is -2.18. The monoisotopic (exact) mass is 457 g/mol. The maximum Gasteiger partial charge on any atom is 0.341 e. The highest BCUT2D eigenvalue weighted by Gasteiger charge is 2.28. The van der Waals surface area contributed by atoms with Gasteiger partial charge in [-0.15, -0.1) is 11.3 Å². The van der Waals surface area contributed by atoms with E-state index in [2.05, 4.69) is 12.2 Å². The van der Waals surface area contributed by atoms with Gasteiger partial charge in [0.25, 0.3) is 0 Å². The molecule has 1 heterocycles. The summed E-state index contributed by atoms with van der Waals surface area (Å²) < 4.78 is 16.5. The van der Waals surface area contributed by atoms with Gasteiger partial charge in [-0.05, 0) is 75.3 Å². The first-order chi connectivity index (χ1) is 15.5. The van der Waals surface area contributed by atoms with Crippen molar-refractivity contribution in [1.29, 1.82) is 0 Å². The predicted molar refractivity (Wildman–Crippen MR) is 128 cm³/mol. The van der Waals surface area contributed by atoms with Gasteiger partial charge in [0.1, 0.15) is 5.00 Å². The molecule has 1 aromatic heterocycles. The molecule has 32 heavy (non-hydrogen) atoms. The largest absolute Gasteiger partial charge is 0.490 e. The van der Waals surface area contributed by atoms with E-state index in [9.17, 15) is 9.59 Å². The fourth-order valence-electron chi connectivity index (χ4n) is 3.75. The van der Waals surface area contributed by atoms with Crippen LogP contribution in [0.3, 0.4) is 0 Å². The molecule has 1 N–H and O–H groups in total. The van der Waals surface area contributed by atoms with Crippen LogP contribution in [0, 0.1) is 5.92 Å². The third-order valence-corrected chi connectivity index (χ3v) is 6.39. The molecule has 0 aliphatic heterocycles. The van der Waals surface area contributed by atoms with E-state index in [1.54, 1.807) is 13.0 Å². The van der Waals surface area contributed by atoms with Crippen LogP contribution in [0.4, 0.5) is 5.00 Å². The minimum absolute atomic E-state index is 0.297. The van der Waals surface area contributed by atoms with Crippen molar-refractivity contribution in [2.24, 2.45) is 5.92 Å². The number of carbonyl (C=O) groups is 2. The van der Waals surface area contributed by atoms with Gasteiger partial charge in [0.15, 0.2) is 11.5 Å². The van der Waals surface area contributed by atoms with Crippen LogP contribution in [-0.4, -0.2) is 31.7 Å². The number of ether oxygens (including phenoxy) is 3. The van der Waals surface area contributed by atoms with E-state index in [1.165, 1.54) is 22.3 Å². The second kappa shape index (κ2) is 11.2. The van der Waals surface area contributed by atoms with Gasteiger partial charge >= 0.3 is 5.97 Å². The van der Waals surface area contributed by atoms with E-state index < -0.39 is 0 Å². The number of thiophene rings is 1. The molecule has 1 unspecified atom stereocenters. The Kier molecular flexibility index (Phi) is 8.33. The Morgan fingerprint density at radius 3 is 2.59 bits per heavy atom. The van der Waals surface area contributed by atoms with Crippen molar-refractivity contribution in [3.8, 4) is 11.5 Å². The highest BCUT2D eigenvalue weighted by molar-refractivity contribution is 7.17. The first-order valence-corrected chi connectivity index (χ1v) is 12.0. The lowest BCUT2D eigenvalue weighted by Crippen LogP contribution is -2.15. The fourth-order valence-corrected chi connectivity index (χ4v) is 5.16. The van der Waals surface area contributed by atoms with Gasteiger partial charge in [0.05, 0.1) is 25.4 Å². The third-order valence-electron chi connectivity index (χ3n) is 5.22. The van der Waals surface area contributed by atoms with Gasteiger partial charge in [0, 0.05) is 11.0 Å². The zero-order valence-electron chi connectivity index (χ0n) is 19.2. The van der Waals surface area contributed by atoms with Crippen molar-refractivity contribution in [2.75, 3.05) is 25.1 Å². The highest BCUT2D eigenvalue weighted by atomic mass is 32.1. The maximum absolute atomic E-state index is 12.7. The predicted octanol–water partition coefficient (Wildman–Crippen LogP) is 5.50. The van der Waals surface area contributed by atoms with E-state index >= 15 is 0 Å². The number of hydrogen-bond acceptors (Lipinski definition) is 6. The summed E-state index contributed by atoms with van der Waals surface area (Å²) in [6.45, 7) is 9.19. The fraction of sp³-hybridized carbons (Fsp3) is 0.440. The molecule has 1 aliphatic carbocycles. The molecule has 0 fully saturated rings. The Morgan fingerprint density at radius 1 is 1.12 bits per heavy atom. The van der Waals surface area contributed by atoms with Crippen LogP contribution in [0.2, 0.25) is 0 Å². The minimum Gasteiger partial charge on any atom is -0.490 e. The van der Waals surface area contributed by atoms with Gasteiger partial charge < -0.3 is 19.5 Å².